The van der Waals surface area contributed by atoms with Gasteiger partial charge < -0.3 is 10.2 Å². The first kappa shape index (κ1) is 16.5. The quantitative estimate of drug-likeness (QED) is 0.817. The molecule has 0 spiro atoms. The minimum absolute atomic E-state index is 0.160. The average Bonchev–Trinajstić information content (AvgIpc) is 2.86. The van der Waals surface area contributed by atoms with E-state index in [9.17, 15) is 4.79 Å². The van der Waals surface area contributed by atoms with Crippen molar-refractivity contribution in [2.24, 2.45) is 5.41 Å². The zero-order valence-electron chi connectivity index (χ0n) is 13.2. The van der Waals surface area contributed by atoms with Crippen LogP contribution < -0.4 is 5.32 Å². The average molecular weight is 313 g/mol. The van der Waals surface area contributed by atoms with Gasteiger partial charge in [-0.05, 0) is 46.4 Å². The largest absolute Gasteiger partial charge is 0.317 e. The molecule has 0 unspecified atom stereocenters. The van der Waals surface area contributed by atoms with Gasteiger partial charge in [0.25, 0.3) is 0 Å². The Balaban J connectivity index is 2.27. The lowest BCUT2D eigenvalue weighted by atomic mass is 9.72. The normalized spacial score (nSPS) is 18.1. The van der Waals surface area contributed by atoms with Crippen LogP contribution in [0.1, 0.15) is 36.7 Å². The maximum Gasteiger partial charge on any atom is 0.188 e. The van der Waals surface area contributed by atoms with Crippen molar-refractivity contribution >= 4 is 17.4 Å². The van der Waals surface area contributed by atoms with Crippen LogP contribution >= 0.6 is 11.6 Å². The second kappa shape index (κ2) is 6.90. The minimum Gasteiger partial charge on any atom is -0.317 e. The number of rotatable bonds is 6. The number of aromatic nitrogens is 2. The number of carbonyl (C=O) groups is 1. The van der Waals surface area contributed by atoms with Crippen molar-refractivity contribution in [3.8, 4) is 0 Å². The van der Waals surface area contributed by atoms with Gasteiger partial charge in [-0.3, -0.25) is 9.48 Å². The van der Waals surface area contributed by atoms with Gasteiger partial charge in [0.05, 0.1) is 17.8 Å². The predicted molar refractivity (Wildman–Crippen MR) is 84.9 cm³/mol. The molecule has 2 rings (SSSR count). The molecule has 1 saturated heterocycles. The van der Waals surface area contributed by atoms with E-state index in [0.717, 1.165) is 38.9 Å². The number of nitrogens with zero attached hydrogens (tertiary/aromatic N) is 3. The summed E-state index contributed by atoms with van der Waals surface area (Å²) in [6.45, 7) is 5.39. The van der Waals surface area contributed by atoms with Crippen LogP contribution in [-0.2, 0) is 6.54 Å². The summed E-state index contributed by atoms with van der Waals surface area (Å²) in [6.07, 6.45) is 4.19. The van der Waals surface area contributed by atoms with E-state index >= 15 is 0 Å². The highest BCUT2D eigenvalue weighted by Crippen LogP contribution is 2.37. The Morgan fingerprint density at radius 2 is 2.14 bits per heavy atom. The number of piperidine rings is 1. The van der Waals surface area contributed by atoms with E-state index in [1.54, 1.807) is 10.9 Å². The maximum atomic E-state index is 13.1. The van der Waals surface area contributed by atoms with Gasteiger partial charge >= 0.3 is 0 Å². The van der Waals surface area contributed by atoms with Crippen LogP contribution in [0.25, 0.3) is 0 Å². The molecule has 21 heavy (non-hydrogen) atoms. The molecule has 6 heteroatoms. The molecule has 1 aromatic heterocycles. The van der Waals surface area contributed by atoms with Gasteiger partial charge in [-0.15, -0.1) is 0 Å². The SMILES string of the molecule is CCC1(C(=O)c2c(Cl)cnn2CCN(C)C)CCNCC1. The van der Waals surface area contributed by atoms with Crippen LogP contribution in [0, 0.1) is 5.41 Å². The van der Waals surface area contributed by atoms with E-state index in [4.69, 9.17) is 11.6 Å². The van der Waals surface area contributed by atoms with Crippen molar-refractivity contribution < 1.29 is 4.79 Å². The third kappa shape index (κ3) is 3.47. The lowest BCUT2D eigenvalue weighted by Gasteiger charge is -2.35. The van der Waals surface area contributed by atoms with Crippen LogP contribution in [0.2, 0.25) is 5.02 Å². The summed E-state index contributed by atoms with van der Waals surface area (Å²) in [5, 5.41) is 8.10. The number of halogens is 1. The Morgan fingerprint density at radius 3 is 2.71 bits per heavy atom. The third-order valence-corrected chi connectivity index (χ3v) is 4.76. The smallest absolute Gasteiger partial charge is 0.188 e. The Bertz CT molecular complexity index is 492. The lowest BCUT2D eigenvalue weighted by Crippen LogP contribution is -2.42. The number of ketones is 1. The van der Waals surface area contributed by atoms with Crippen molar-refractivity contribution in [2.45, 2.75) is 32.7 Å². The third-order valence-electron chi connectivity index (χ3n) is 4.49. The predicted octanol–water partition coefficient (Wildman–Crippen LogP) is 2.06. The van der Waals surface area contributed by atoms with Crippen molar-refractivity contribution in [1.29, 1.82) is 0 Å². The molecular formula is C15H25ClN4O. The highest BCUT2D eigenvalue weighted by atomic mass is 35.5. The Labute approximate surface area is 131 Å². The molecule has 5 nitrogen and oxygen atoms in total. The zero-order valence-corrected chi connectivity index (χ0v) is 13.9. The van der Waals surface area contributed by atoms with E-state index in [2.05, 4.69) is 22.2 Å². The van der Waals surface area contributed by atoms with Crippen molar-refractivity contribution in [3.05, 3.63) is 16.9 Å². The van der Waals surface area contributed by atoms with Gasteiger partial charge in [-0.25, -0.2) is 0 Å². The highest BCUT2D eigenvalue weighted by molar-refractivity contribution is 6.33. The van der Waals surface area contributed by atoms with Gasteiger partial charge in [0.2, 0.25) is 0 Å². The number of carbonyl (C=O) groups excluding carboxylic acids is 1. The molecule has 1 aliphatic heterocycles. The Morgan fingerprint density at radius 1 is 1.48 bits per heavy atom. The second-order valence-electron chi connectivity index (χ2n) is 6.08. The summed E-state index contributed by atoms with van der Waals surface area (Å²) in [4.78, 5) is 15.2. The lowest BCUT2D eigenvalue weighted by molar-refractivity contribution is 0.0704. The van der Waals surface area contributed by atoms with Gasteiger partial charge in [-0.1, -0.05) is 18.5 Å². The van der Waals surface area contributed by atoms with E-state index in [-0.39, 0.29) is 11.2 Å². The molecule has 1 fully saturated rings. The summed E-state index contributed by atoms with van der Waals surface area (Å²) >= 11 is 6.26. The number of nitrogens with one attached hydrogen (secondary N) is 1. The molecule has 0 atom stereocenters. The van der Waals surface area contributed by atoms with E-state index in [0.29, 0.717) is 17.3 Å². The summed E-state index contributed by atoms with van der Waals surface area (Å²) < 4.78 is 1.77. The van der Waals surface area contributed by atoms with Crippen LogP contribution in [0.15, 0.2) is 6.20 Å². The Hall–Kier alpha value is -0.910. The standard InChI is InChI=1S/C15H25ClN4O/c1-4-15(5-7-17-8-6-15)14(21)13-12(16)11-18-20(13)10-9-19(2)3/h11,17H,4-10H2,1-3H3. The maximum absolute atomic E-state index is 13.1. The molecule has 1 aliphatic rings. The number of likely N-dealkylation sites (N-methyl/N-ethyl adjacent to an activating group) is 1. The summed E-state index contributed by atoms with van der Waals surface area (Å²) in [5.41, 5.74) is 0.299. The molecule has 0 radical (unpaired) electrons. The number of Topliss-reactive ketones (excluding diaryl/α,β-unsaturated/α-hetero) is 1. The van der Waals surface area contributed by atoms with E-state index < -0.39 is 0 Å². The van der Waals surface area contributed by atoms with Gasteiger partial charge in [0.1, 0.15) is 5.69 Å². The first-order valence-electron chi connectivity index (χ1n) is 7.62. The van der Waals surface area contributed by atoms with Crippen molar-refractivity contribution in [3.63, 3.8) is 0 Å². The van der Waals surface area contributed by atoms with E-state index in [1.807, 2.05) is 14.1 Å². The monoisotopic (exact) mass is 312 g/mol. The summed E-state index contributed by atoms with van der Waals surface area (Å²) in [6, 6.07) is 0. The molecule has 0 aromatic carbocycles. The van der Waals surface area contributed by atoms with E-state index in [1.165, 1.54) is 0 Å². The topological polar surface area (TPSA) is 50.2 Å². The molecule has 0 amide bonds. The molecule has 1 aromatic rings. The van der Waals surface area contributed by atoms with Crippen LogP contribution in [0.4, 0.5) is 0 Å². The first-order valence-corrected chi connectivity index (χ1v) is 7.99. The molecule has 2 heterocycles. The molecule has 1 N–H and O–H groups in total. The first-order chi connectivity index (χ1) is 10.00. The van der Waals surface area contributed by atoms with Gasteiger partial charge in [0, 0.05) is 12.0 Å². The number of hydrogen-bond donors (Lipinski definition) is 1. The van der Waals surface area contributed by atoms with Gasteiger partial charge in [0.15, 0.2) is 5.78 Å². The van der Waals surface area contributed by atoms with Gasteiger partial charge in [-0.2, -0.15) is 5.10 Å². The van der Waals surface area contributed by atoms with Crippen molar-refractivity contribution in [2.75, 3.05) is 33.7 Å². The minimum atomic E-state index is -0.287. The zero-order chi connectivity index (χ0) is 15.5. The highest BCUT2D eigenvalue weighted by Gasteiger charge is 2.40. The van der Waals surface area contributed by atoms with Crippen LogP contribution in [0.5, 0.6) is 0 Å². The second-order valence-corrected chi connectivity index (χ2v) is 6.49. The molecule has 118 valence electrons. The van der Waals surface area contributed by atoms with Crippen LogP contribution in [-0.4, -0.2) is 54.2 Å². The molecule has 0 aliphatic carbocycles. The Kier molecular flexibility index (Phi) is 5.41. The molecule has 0 bridgehead atoms. The fourth-order valence-corrected chi connectivity index (χ4v) is 3.18. The molecular weight excluding hydrogens is 288 g/mol. The summed E-state index contributed by atoms with van der Waals surface area (Å²) in [7, 11) is 4.01. The molecule has 0 saturated carbocycles. The van der Waals surface area contributed by atoms with Crippen LogP contribution in [0.3, 0.4) is 0 Å². The number of hydrogen-bond acceptors (Lipinski definition) is 4. The van der Waals surface area contributed by atoms with Crippen molar-refractivity contribution in [1.82, 2.24) is 20.0 Å². The summed E-state index contributed by atoms with van der Waals surface area (Å²) in [5.74, 6) is 0.160. The fourth-order valence-electron chi connectivity index (χ4n) is 2.95. The fraction of sp³-hybridized carbons (Fsp3) is 0.733.